The van der Waals surface area contributed by atoms with Crippen molar-refractivity contribution in [2.24, 2.45) is 0 Å². The highest BCUT2D eigenvalue weighted by atomic mass is 35.5. The average Bonchev–Trinajstić information content (AvgIpc) is 3.62. The number of hydrogen-bond acceptors (Lipinski definition) is 10. The number of hydrogen-bond donors (Lipinski definition) is 5. The molecule has 0 aliphatic carbocycles. The third-order valence-corrected chi connectivity index (χ3v) is 6.64. The molecule has 16 nitrogen and oxygen atoms in total. The average molecular weight is 812 g/mol. The summed E-state index contributed by atoms with van der Waals surface area (Å²) in [5.74, 6) is -8.25. The molecular weight excluding hydrogens is 785 g/mol. The summed E-state index contributed by atoms with van der Waals surface area (Å²) in [7, 11) is 0. The Morgan fingerprint density at radius 3 is 1.81 bits per heavy atom. The zero-order valence-corrected chi connectivity index (χ0v) is 28.4. The van der Waals surface area contributed by atoms with Gasteiger partial charge < -0.3 is 30.9 Å². The number of aliphatic carboxylic acids is 4. The molecule has 0 spiro atoms. The first-order chi connectivity index (χ1) is 24.6. The second-order valence-corrected chi connectivity index (χ2v) is 10.5. The molecule has 4 aromatic rings. The number of nitrogens with zero attached hydrogens (tertiary/aromatic N) is 6. The number of aryl methyl sites for hydroxylation is 1. The zero-order chi connectivity index (χ0) is 42.1. The summed E-state index contributed by atoms with van der Waals surface area (Å²) >= 11 is 6.66. The summed E-state index contributed by atoms with van der Waals surface area (Å²) < 4.78 is 104. The molecule has 0 saturated heterocycles. The van der Waals surface area contributed by atoms with Crippen LogP contribution >= 0.6 is 11.6 Å². The zero-order valence-electron chi connectivity index (χ0n) is 27.7. The number of carboxylic acids is 4. The summed E-state index contributed by atoms with van der Waals surface area (Å²) in [6, 6.07) is 1.56. The Balaban J connectivity index is 0.000000566. The van der Waals surface area contributed by atoms with Crippen LogP contribution in [0.2, 0.25) is 5.02 Å². The van der Waals surface area contributed by atoms with Gasteiger partial charge in [-0.1, -0.05) is 11.6 Å². The van der Waals surface area contributed by atoms with E-state index < -0.39 is 42.4 Å². The normalized spacial score (nSPS) is 11.9. The molecule has 4 rings (SSSR count). The number of carbonyl (C=O) groups is 4. The fourth-order valence-electron chi connectivity index (χ4n) is 3.99. The fraction of sp³-hybridized carbons (Fsp3) is 0.357. The lowest BCUT2D eigenvalue weighted by molar-refractivity contribution is -0.193. The fourth-order valence-corrected chi connectivity index (χ4v) is 4.20. The first-order valence-electron chi connectivity index (χ1n) is 14.1. The van der Waals surface area contributed by atoms with E-state index in [0.717, 1.165) is 22.4 Å². The molecule has 1 aromatic carbocycles. The Kier molecular flexibility index (Phi) is 15.6. The van der Waals surface area contributed by atoms with E-state index in [2.05, 4.69) is 20.2 Å². The summed E-state index contributed by atoms with van der Waals surface area (Å²) in [5.41, 5.74) is 10.5. The van der Waals surface area contributed by atoms with Gasteiger partial charge >= 0.3 is 42.4 Å². The minimum absolute atomic E-state index is 0.244. The Bertz CT molecular complexity index is 1920. The molecule has 1 atom stereocenters. The van der Waals surface area contributed by atoms with E-state index >= 15 is 0 Å². The second kappa shape index (κ2) is 18.2. The highest BCUT2D eigenvalue weighted by molar-refractivity contribution is 6.32. The maximum Gasteiger partial charge on any atom is 0.490 e. The largest absolute Gasteiger partial charge is 0.493 e. The summed E-state index contributed by atoms with van der Waals surface area (Å²) in [4.78, 5) is 46.3. The van der Waals surface area contributed by atoms with Crippen molar-refractivity contribution in [2.75, 3.05) is 12.3 Å². The van der Waals surface area contributed by atoms with Crippen LogP contribution in [-0.2, 0) is 25.7 Å². The highest BCUT2D eigenvalue weighted by Crippen LogP contribution is 2.43. The first-order valence-corrected chi connectivity index (χ1v) is 14.5. The summed E-state index contributed by atoms with van der Waals surface area (Å²) in [6.07, 6.45) is -10.6. The number of carboxylic acid groups (broad SMARTS) is 4. The van der Waals surface area contributed by atoms with Gasteiger partial charge in [-0.2, -0.15) is 49.7 Å². The standard InChI is InChI=1S/C22H24ClN7O3.3C2HF3O2/c1-5-33-20-15(13(4)30-22-19(12(3)28-30)21(24)25-10-26-22)6-16(23)11(2)18(20)14-7-27-29(8-14)9-17(31)32;3*3-2(4,5)1(6)7/h6-8,10,13H,5,9H2,1-4H3,(H,31,32)(H2,24,25,26);3*(H,6,7). The maximum atomic E-state index is 11.1. The lowest BCUT2D eigenvalue weighted by Gasteiger charge is -2.22. The number of benzene rings is 1. The molecule has 0 saturated carbocycles. The number of nitrogens with two attached hydrogens (primary N) is 1. The van der Waals surface area contributed by atoms with Crippen molar-refractivity contribution >= 4 is 52.3 Å². The van der Waals surface area contributed by atoms with E-state index in [0.29, 0.717) is 39.8 Å². The van der Waals surface area contributed by atoms with E-state index in [1.165, 1.54) is 11.0 Å². The first kappa shape index (κ1) is 46.1. The molecule has 0 bridgehead atoms. The molecule has 0 radical (unpaired) electrons. The van der Waals surface area contributed by atoms with E-state index in [-0.39, 0.29) is 12.6 Å². The predicted molar refractivity (Wildman–Crippen MR) is 166 cm³/mol. The molecule has 3 heterocycles. The van der Waals surface area contributed by atoms with Crippen LogP contribution in [0.3, 0.4) is 0 Å². The number of fused-ring (bicyclic) bond motifs is 1. The number of alkyl halides is 9. The van der Waals surface area contributed by atoms with Crippen LogP contribution in [0, 0.1) is 13.8 Å². The van der Waals surface area contributed by atoms with Crippen LogP contribution in [0.1, 0.15) is 36.7 Å². The number of anilines is 1. The van der Waals surface area contributed by atoms with Crippen LogP contribution in [0.15, 0.2) is 24.8 Å². The maximum absolute atomic E-state index is 11.1. The van der Waals surface area contributed by atoms with Crippen LogP contribution in [0.25, 0.3) is 22.2 Å². The van der Waals surface area contributed by atoms with E-state index in [9.17, 15) is 44.3 Å². The van der Waals surface area contributed by atoms with Crippen LogP contribution < -0.4 is 10.5 Å². The van der Waals surface area contributed by atoms with Crippen molar-refractivity contribution in [3.8, 4) is 16.9 Å². The number of rotatable bonds is 7. The lowest BCUT2D eigenvalue weighted by Crippen LogP contribution is -2.21. The van der Waals surface area contributed by atoms with Gasteiger partial charge in [-0.15, -0.1) is 0 Å². The third-order valence-electron chi connectivity index (χ3n) is 6.25. The molecule has 0 amide bonds. The molecule has 298 valence electrons. The molecule has 6 N–H and O–H groups in total. The Hall–Kier alpha value is -5.88. The van der Waals surface area contributed by atoms with Gasteiger partial charge in [0.25, 0.3) is 0 Å². The van der Waals surface area contributed by atoms with Gasteiger partial charge in [0, 0.05) is 27.9 Å². The quantitative estimate of drug-likeness (QED) is 0.144. The molecule has 54 heavy (non-hydrogen) atoms. The molecule has 0 aliphatic heterocycles. The van der Waals surface area contributed by atoms with Gasteiger partial charge in [0.1, 0.15) is 24.4 Å². The van der Waals surface area contributed by atoms with Crippen molar-refractivity contribution in [2.45, 2.75) is 58.8 Å². The number of aromatic nitrogens is 6. The molecule has 0 aliphatic rings. The monoisotopic (exact) mass is 811 g/mol. The summed E-state index contributed by atoms with van der Waals surface area (Å²) in [5, 5.41) is 40.6. The van der Waals surface area contributed by atoms with Gasteiger partial charge in [0.15, 0.2) is 5.65 Å². The lowest BCUT2D eigenvalue weighted by atomic mass is 9.95. The Morgan fingerprint density at radius 1 is 0.907 bits per heavy atom. The van der Waals surface area contributed by atoms with Gasteiger partial charge in [-0.25, -0.2) is 29.0 Å². The highest BCUT2D eigenvalue weighted by Gasteiger charge is 2.39. The van der Waals surface area contributed by atoms with Gasteiger partial charge in [0.05, 0.1) is 29.9 Å². The minimum atomic E-state index is -5.08. The van der Waals surface area contributed by atoms with Gasteiger partial charge in [-0.3, -0.25) is 9.48 Å². The van der Waals surface area contributed by atoms with Gasteiger partial charge in [0.2, 0.25) is 0 Å². The van der Waals surface area contributed by atoms with E-state index in [4.69, 9.17) is 56.9 Å². The third kappa shape index (κ3) is 12.7. The number of ether oxygens (including phenoxy) is 1. The minimum Gasteiger partial charge on any atom is -0.493 e. The molecule has 3 aromatic heterocycles. The smallest absolute Gasteiger partial charge is 0.490 e. The molecule has 26 heteroatoms. The van der Waals surface area contributed by atoms with E-state index in [1.54, 1.807) is 17.1 Å². The van der Waals surface area contributed by atoms with Crippen LogP contribution in [-0.4, -0.2) is 99.0 Å². The van der Waals surface area contributed by atoms with E-state index in [1.807, 2.05) is 33.8 Å². The SMILES string of the molecule is CCOc1c(C(C)n2nc(C)c3c(N)ncnc32)cc(Cl)c(C)c1-c1cnn(CC(=O)O)c1.O=C(O)C(F)(F)F.O=C(O)C(F)(F)F.O=C(O)C(F)(F)F. The van der Waals surface area contributed by atoms with Crippen LogP contribution in [0.4, 0.5) is 45.3 Å². The summed E-state index contributed by atoms with van der Waals surface area (Å²) in [6.45, 7) is 7.81. The topological polar surface area (TPSA) is 246 Å². The van der Waals surface area contributed by atoms with Crippen molar-refractivity contribution in [1.82, 2.24) is 29.5 Å². The van der Waals surface area contributed by atoms with Crippen molar-refractivity contribution in [1.29, 1.82) is 0 Å². The molecule has 0 fully saturated rings. The second-order valence-electron chi connectivity index (χ2n) is 10.1. The Morgan fingerprint density at radius 2 is 1.39 bits per heavy atom. The Labute approximate surface area is 300 Å². The molecule has 1 unspecified atom stereocenters. The van der Waals surface area contributed by atoms with Gasteiger partial charge in [-0.05, 0) is 39.3 Å². The van der Waals surface area contributed by atoms with Crippen molar-refractivity contribution < 1.29 is 83.9 Å². The number of nitrogen functional groups attached to an aromatic ring is 1. The van der Waals surface area contributed by atoms with Crippen molar-refractivity contribution in [3.05, 3.63) is 46.6 Å². The molecular formula is C28H27ClF9N7O9. The predicted octanol–water partition coefficient (Wildman–Crippen LogP) is 5.53. The van der Waals surface area contributed by atoms with Crippen LogP contribution in [0.5, 0.6) is 5.75 Å². The van der Waals surface area contributed by atoms with Crippen molar-refractivity contribution in [3.63, 3.8) is 0 Å². The number of halogens is 10.